The molecular weight excluding hydrogens is 318 g/mol. The fourth-order valence-electron chi connectivity index (χ4n) is 2.78. The van der Waals surface area contributed by atoms with Gasteiger partial charge in [-0.2, -0.15) is 10.1 Å². The molecule has 9 heteroatoms. The largest absolute Gasteiger partial charge is 0.334 e. The molecule has 3 aromatic heterocycles. The number of halogens is 1. The first-order valence-electron chi connectivity index (χ1n) is 7.19. The van der Waals surface area contributed by atoms with Crippen LogP contribution in [-0.2, 0) is 5.54 Å². The Morgan fingerprint density at radius 3 is 2.83 bits per heavy atom. The molecule has 3 heterocycles. The Balaban J connectivity index is 0.00000156. The second-order valence-corrected chi connectivity index (χ2v) is 5.53. The summed E-state index contributed by atoms with van der Waals surface area (Å²) in [6.07, 6.45) is 8.71. The van der Waals surface area contributed by atoms with Crippen LogP contribution in [-0.4, -0.2) is 29.9 Å². The summed E-state index contributed by atoms with van der Waals surface area (Å²) in [6.45, 7) is 0. The van der Waals surface area contributed by atoms with Crippen molar-refractivity contribution in [3.8, 4) is 17.3 Å². The number of pyridine rings is 1. The molecule has 1 aliphatic rings. The summed E-state index contributed by atoms with van der Waals surface area (Å²) in [5, 5.41) is 8.13. The van der Waals surface area contributed by atoms with E-state index in [4.69, 9.17) is 10.3 Å². The van der Waals surface area contributed by atoms with Gasteiger partial charge in [0.1, 0.15) is 12.7 Å². The van der Waals surface area contributed by atoms with Crippen LogP contribution in [0.4, 0.5) is 0 Å². The van der Waals surface area contributed by atoms with Gasteiger partial charge in [0, 0.05) is 11.8 Å². The van der Waals surface area contributed by atoms with Gasteiger partial charge in [-0.3, -0.25) is 0 Å². The maximum absolute atomic E-state index is 6.36. The summed E-state index contributed by atoms with van der Waals surface area (Å²) < 4.78 is 6.96. The van der Waals surface area contributed by atoms with Crippen molar-refractivity contribution in [3.63, 3.8) is 0 Å². The summed E-state index contributed by atoms with van der Waals surface area (Å²) in [4.78, 5) is 12.6. The van der Waals surface area contributed by atoms with Gasteiger partial charge >= 0.3 is 0 Å². The second-order valence-electron chi connectivity index (χ2n) is 5.53. The average molecular weight is 334 g/mol. The van der Waals surface area contributed by atoms with E-state index in [2.05, 4.69) is 25.2 Å². The van der Waals surface area contributed by atoms with E-state index in [1.54, 1.807) is 17.2 Å². The van der Waals surface area contributed by atoms with Crippen molar-refractivity contribution < 1.29 is 4.52 Å². The molecule has 0 bridgehead atoms. The lowest BCUT2D eigenvalue weighted by molar-refractivity contribution is 0.372. The van der Waals surface area contributed by atoms with Crippen LogP contribution in [0.25, 0.3) is 17.3 Å². The molecule has 0 unspecified atom stereocenters. The number of hydrogen-bond acceptors (Lipinski definition) is 7. The molecule has 0 aliphatic heterocycles. The molecule has 0 amide bonds. The zero-order valence-electron chi connectivity index (χ0n) is 12.3. The van der Waals surface area contributed by atoms with Gasteiger partial charge in [-0.15, -0.1) is 12.4 Å². The fourth-order valence-corrected chi connectivity index (χ4v) is 2.78. The maximum Gasteiger partial charge on any atom is 0.258 e. The molecular formula is C14H16ClN7O. The van der Waals surface area contributed by atoms with E-state index >= 15 is 0 Å². The topological polar surface area (TPSA) is 109 Å². The van der Waals surface area contributed by atoms with E-state index in [9.17, 15) is 0 Å². The van der Waals surface area contributed by atoms with Gasteiger partial charge in [-0.25, -0.2) is 14.6 Å². The van der Waals surface area contributed by atoms with Crippen LogP contribution in [0.2, 0.25) is 0 Å². The van der Waals surface area contributed by atoms with Gasteiger partial charge in [0.15, 0.2) is 11.6 Å². The van der Waals surface area contributed by atoms with Gasteiger partial charge in [0.05, 0.1) is 5.54 Å². The Hall–Kier alpha value is -2.32. The minimum Gasteiger partial charge on any atom is -0.334 e. The van der Waals surface area contributed by atoms with Gasteiger partial charge in [-0.05, 0) is 25.0 Å². The zero-order valence-corrected chi connectivity index (χ0v) is 13.1. The molecule has 1 aliphatic carbocycles. The van der Waals surface area contributed by atoms with Gasteiger partial charge in [0.2, 0.25) is 0 Å². The predicted octanol–water partition coefficient (Wildman–Crippen LogP) is 1.86. The van der Waals surface area contributed by atoms with Crippen molar-refractivity contribution in [2.24, 2.45) is 5.73 Å². The van der Waals surface area contributed by atoms with Crippen molar-refractivity contribution in [2.75, 3.05) is 0 Å². The Kier molecular flexibility index (Phi) is 4.10. The van der Waals surface area contributed by atoms with Crippen LogP contribution in [0.15, 0.2) is 35.5 Å². The molecule has 1 saturated carbocycles. The number of aromatic nitrogens is 6. The van der Waals surface area contributed by atoms with E-state index in [1.807, 2.05) is 12.1 Å². The lowest BCUT2D eigenvalue weighted by Gasteiger charge is -2.17. The molecule has 120 valence electrons. The van der Waals surface area contributed by atoms with E-state index in [-0.39, 0.29) is 12.4 Å². The third kappa shape index (κ3) is 2.82. The lowest BCUT2D eigenvalue weighted by atomic mass is 9.99. The third-order valence-electron chi connectivity index (χ3n) is 4.01. The molecule has 2 N–H and O–H groups in total. The number of nitrogens with zero attached hydrogens (tertiary/aromatic N) is 6. The number of nitrogens with two attached hydrogens (primary N) is 1. The molecule has 23 heavy (non-hydrogen) atoms. The van der Waals surface area contributed by atoms with E-state index in [0.29, 0.717) is 17.5 Å². The van der Waals surface area contributed by atoms with E-state index in [0.717, 1.165) is 31.2 Å². The van der Waals surface area contributed by atoms with Crippen molar-refractivity contribution in [1.29, 1.82) is 0 Å². The maximum atomic E-state index is 6.36. The smallest absolute Gasteiger partial charge is 0.258 e. The van der Waals surface area contributed by atoms with E-state index in [1.165, 1.54) is 6.33 Å². The van der Waals surface area contributed by atoms with Gasteiger partial charge < -0.3 is 10.3 Å². The van der Waals surface area contributed by atoms with Crippen LogP contribution < -0.4 is 5.73 Å². The van der Waals surface area contributed by atoms with Crippen molar-refractivity contribution in [2.45, 2.75) is 31.2 Å². The Morgan fingerprint density at radius 1 is 1.26 bits per heavy atom. The molecule has 8 nitrogen and oxygen atoms in total. The first kappa shape index (κ1) is 15.6. The zero-order chi connectivity index (χ0) is 15.0. The second kappa shape index (κ2) is 6.05. The molecule has 4 rings (SSSR count). The van der Waals surface area contributed by atoms with Gasteiger partial charge in [0.25, 0.3) is 5.89 Å². The Bertz CT molecular complexity index is 780. The highest BCUT2D eigenvalue weighted by Crippen LogP contribution is 2.35. The fraction of sp³-hybridized carbons (Fsp3) is 0.357. The highest BCUT2D eigenvalue weighted by Gasteiger charge is 2.36. The minimum absolute atomic E-state index is 0. The van der Waals surface area contributed by atoms with Crippen LogP contribution >= 0.6 is 12.4 Å². The van der Waals surface area contributed by atoms with Crippen LogP contribution in [0.1, 0.15) is 31.5 Å². The number of rotatable bonds is 3. The molecule has 0 aromatic carbocycles. The molecule has 3 aromatic rings. The van der Waals surface area contributed by atoms with Crippen LogP contribution in [0.3, 0.4) is 0 Å². The summed E-state index contributed by atoms with van der Waals surface area (Å²) in [5.41, 5.74) is 6.68. The van der Waals surface area contributed by atoms with Crippen molar-refractivity contribution in [3.05, 3.63) is 36.8 Å². The first-order valence-corrected chi connectivity index (χ1v) is 7.19. The van der Waals surface area contributed by atoms with Gasteiger partial charge in [-0.1, -0.05) is 18.0 Å². The SMILES string of the molecule is Cl.NC1(c2noc(-c3ccnc(-n4cncn4)c3)n2)CCCC1. The summed E-state index contributed by atoms with van der Waals surface area (Å²) in [6, 6.07) is 3.64. The van der Waals surface area contributed by atoms with Crippen molar-refractivity contribution in [1.82, 2.24) is 29.9 Å². The molecule has 1 fully saturated rings. The summed E-state index contributed by atoms with van der Waals surface area (Å²) in [5.74, 6) is 1.66. The highest BCUT2D eigenvalue weighted by atomic mass is 35.5. The highest BCUT2D eigenvalue weighted by molar-refractivity contribution is 5.85. The standard InChI is InChI=1S/C14H15N7O.ClH/c15-14(4-1-2-5-14)13-19-12(22-20-13)10-3-6-17-11(7-10)21-9-16-8-18-21;/h3,6-9H,1-2,4-5,15H2;1H. The summed E-state index contributed by atoms with van der Waals surface area (Å²) in [7, 11) is 0. The Morgan fingerprint density at radius 2 is 2.09 bits per heavy atom. The third-order valence-corrected chi connectivity index (χ3v) is 4.01. The Labute approximate surface area is 138 Å². The summed E-state index contributed by atoms with van der Waals surface area (Å²) >= 11 is 0. The molecule has 0 radical (unpaired) electrons. The average Bonchev–Trinajstić information content (AvgIpc) is 3.29. The monoisotopic (exact) mass is 333 g/mol. The van der Waals surface area contributed by atoms with Crippen LogP contribution in [0.5, 0.6) is 0 Å². The quantitative estimate of drug-likeness (QED) is 0.779. The van der Waals surface area contributed by atoms with Crippen LogP contribution in [0, 0.1) is 0 Å². The normalized spacial score (nSPS) is 16.2. The molecule has 0 spiro atoms. The predicted molar refractivity (Wildman–Crippen MR) is 84.0 cm³/mol. The van der Waals surface area contributed by atoms with Crippen molar-refractivity contribution >= 4 is 12.4 Å². The lowest BCUT2D eigenvalue weighted by Crippen LogP contribution is -2.34. The molecule has 0 saturated heterocycles. The van der Waals surface area contributed by atoms with E-state index < -0.39 is 5.54 Å². The first-order chi connectivity index (χ1) is 10.7. The molecule has 0 atom stereocenters. The number of hydrogen-bond donors (Lipinski definition) is 1. The minimum atomic E-state index is -0.455.